The van der Waals surface area contributed by atoms with Crippen LogP contribution in [0.15, 0.2) is 18.3 Å². The number of hydrogen-bond donors (Lipinski definition) is 2. The molecule has 0 aromatic carbocycles. The Morgan fingerprint density at radius 1 is 1.50 bits per heavy atom. The van der Waals surface area contributed by atoms with Gasteiger partial charge in [0.1, 0.15) is 0 Å². The van der Waals surface area contributed by atoms with Crippen LogP contribution < -0.4 is 11.1 Å². The maximum absolute atomic E-state index is 5.68. The van der Waals surface area contributed by atoms with E-state index in [0.717, 1.165) is 30.0 Å². The van der Waals surface area contributed by atoms with Crippen molar-refractivity contribution in [2.45, 2.75) is 25.4 Å². The van der Waals surface area contributed by atoms with Crippen LogP contribution in [0.3, 0.4) is 0 Å². The summed E-state index contributed by atoms with van der Waals surface area (Å²) in [7, 11) is 0. The summed E-state index contributed by atoms with van der Waals surface area (Å²) < 4.78 is 2.05. The second kappa shape index (κ2) is 3.84. The molecule has 3 rings (SSSR count). The van der Waals surface area contributed by atoms with Gasteiger partial charge in [-0.25, -0.2) is 0 Å². The first kappa shape index (κ1) is 9.74. The van der Waals surface area contributed by atoms with Crippen LogP contribution in [0.5, 0.6) is 0 Å². The summed E-state index contributed by atoms with van der Waals surface area (Å²) in [5, 5.41) is 11.9. The minimum absolute atomic E-state index is 0.336. The van der Waals surface area contributed by atoms with Crippen molar-refractivity contribution in [3.63, 3.8) is 0 Å². The molecular formula is C11H15N5. The van der Waals surface area contributed by atoms with E-state index in [4.69, 9.17) is 5.73 Å². The summed E-state index contributed by atoms with van der Waals surface area (Å²) >= 11 is 0. The van der Waals surface area contributed by atoms with Crippen molar-refractivity contribution >= 4 is 5.65 Å². The Morgan fingerprint density at radius 3 is 3.19 bits per heavy atom. The van der Waals surface area contributed by atoms with Gasteiger partial charge in [0.05, 0.1) is 6.04 Å². The van der Waals surface area contributed by atoms with Crippen molar-refractivity contribution in [3.8, 4) is 0 Å². The van der Waals surface area contributed by atoms with Crippen LogP contribution in [-0.2, 0) is 6.54 Å². The molecule has 5 nitrogen and oxygen atoms in total. The van der Waals surface area contributed by atoms with E-state index in [1.54, 1.807) is 0 Å². The predicted octanol–water partition coefficient (Wildman–Crippen LogP) is 0.612. The summed E-state index contributed by atoms with van der Waals surface area (Å²) in [5.41, 5.74) is 7.61. The second-order valence-corrected chi connectivity index (χ2v) is 4.14. The highest BCUT2D eigenvalue weighted by atomic mass is 15.3. The molecule has 0 saturated carbocycles. The van der Waals surface area contributed by atoms with Gasteiger partial charge in [0.2, 0.25) is 0 Å². The van der Waals surface area contributed by atoms with Gasteiger partial charge in [-0.05, 0) is 25.5 Å². The Morgan fingerprint density at radius 2 is 2.44 bits per heavy atom. The average Bonchev–Trinajstić information content (AvgIpc) is 2.96. The zero-order chi connectivity index (χ0) is 11.0. The summed E-state index contributed by atoms with van der Waals surface area (Å²) in [6.45, 7) is 1.57. The van der Waals surface area contributed by atoms with E-state index >= 15 is 0 Å². The first-order valence-electron chi connectivity index (χ1n) is 5.66. The van der Waals surface area contributed by atoms with Gasteiger partial charge in [-0.1, -0.05) is 6.07 Å². The molecule has 2 aromatic rings. The van der Waals surface area contributed by atoms with Crippen LogP contribution in [0.4, 0.5) is 0 Å². The lowest BCUT2D eigenvalue weighted by Crippen LogP contribution is -2.16. The maximum atomic E-state index is 5.68. The molecule has 3 N–H and O–H groups in total. The highest BCUT2D eigenvalue weighted by Crippen LogP contribution is 2.22. The van der Waals surface area contributed by atoms with E-state index in [0.29, 0.717) is 12.6 Å². The molecule has 2 aromatic heterocycles. The molecule has 1 saturated heterocycles. The van der Waals surface area contributed by atoms with Crippen molar-refractivity contribution < 1.29 is 0 Å². The largest absolute Gasteiger partial charge is 0.326 e. The van der Waals surface area contributed by atoms with Gasteiger partial charge >= 0.3 is 0 Å². The molecule has 84 valence electrons. The van der Waals surface area contributed by atoms with Crippen LogP contribution in [-0.4, -0.2) is 21.1 Å². The van der Waals surface area contributed by atoms with Crippen LogP contribution in [0.25, 0.3) is 5.65 Å². The molecule has 0 radical (unpaired) electrons. The summed E-state index contributed by atoms with van der Waals surface area (Å²) in [5.74, 6) is 1.00. The lowest BCUT2D eigenvalue weighted by atomic mass is 10.2. The highest BCUT2D eigenvalue weighted by Gasteiger charge is 2.21. The van der Waals surface area contributed by atoms with Gasteiger partial charge in [-0.15, -0.1) is 10.2 Å². The monoisotopic (exact) mass is 217 g/mol. The van der Waals surface area contributed by atoms with Crippen LogP contribution in [0.2, 0.25) is 0 Å². The molecular weight excluding hydrogens is 202 g/mol. The van der Waals surface area contributed by atoms with E-state index < -0.39 is 0 Å². The maximum Gasteiger partial charge on any atom is 0.165 e. The minimum Gasteiger partial charge on any atom is -0.326 e. The molecule has 0 aliphatic carbocycles. The Kier molecular flexibility index (Phi) is 2.34. The predicted molar refractivity (Wildman–Crippen MR) is 60.9 cm³/mol. The molecule has 3 heterocycles. The van der Waals surface area contributed by atoms with Gasteiger partial charge in [0.25, 0.3) is 0 Å². The average molecular weight is 217 g/mol. The molecule has 1 fully saturated rings. The topological polar surface area (TPSA) is 68.2 Å². The van der Waals surface area contributed by atoms with E-state index in [1.807, 2.05) is 22.7 Å². The molecule has 1 aliphatic rings. The number of nitrogens with two attached hydrogens (primary N) is 1. The molecule has 1 unspecified atom stereocenters. The van der Waals surface area contributed by atoms with Crippen molar-refractivity contribution in [2.24, 2.45) is 5.73 Å². The van der Waals surface area contributed by atoms with Gasteiger partial charge in [-0.3, -0.25) is 4.40 Å². The quantitative estimate of drug-likeness (QED) is 0.773. The Bertz CT molecular complexity index is 498. The standard InChI is InChI=1S/C11H15N5/c12-7-8-3-2-6-16-10(8)14-15-11(16)9-4-1-5-13-9/h2-3,6,9,13H,1,4-5,7,12H2. The first-order chi connectivity index (χ1) is 7.90. The van der Waals surface area contributed by atoms with E-state index in [1.165, 1.54) is 6.42 Å². The van der Waals surface area contributed by atoms with Gasteiger partial charge < -0.3 is 11.1 Å². The van der Waals surface area contributed by atoms with Crippen molar-refractivity contribution in [3.05, 3.63) is 29.7 Å². The van der Waals surface area contributed by atoms with Gasteiger partial charge in [-0.2, -0.15) is 0 Å². The number of nitrogens with zero attached hydrogens (tertiary/aromatic N) is 3. The van der Waals surface area contributed by atoms with Gasteiger partial charge in [0, 0.05) is 18.3 Å². The normalized spacial score (nSPS) is 20.7. The first-order valence-corrected chi connectivity index (χ1v) is 5.66. The third kappa shape index (κ3) is 1.40. The number of aromatic nitrogens is 3. The lowest BCUT2D eigenvalue weighted by molar-refractivity contribution is 0.598. The SMILES string of the molecule is NCc1cccn2c(C3CCCN3)nnc12. The lowest BCUT2D eigenvalue weighted by Gasteiger charge is -2.08. The van der Waals surface area contributed by atoms with Crippen LogP contribution >= 0.6 is 0 Å². The van der Waals surface area contributed by atoms with Crippen LogP contribution in [0.1, 0.15) is 30.3 Å². The number of nitrogens with one attached hydrogen (secondary N) is 1. The molecule has 1 atom stereocenters. The van der Waals surface area contributed by atoms with E-state index in [9.17, 15) is 0 Å². The minimum atomic E-state index is 0.336. The number of fused-ring (bicyclic) bond motifs is 1. The summed E-state index contributed by atoms with van der Waals surface area (Å²) in [4.78, 5) is 0. The summed E-state index contributed by atoms with van der Waals surface area (Å²) in [6, 6.07) is 4.33. The fourth-order valence-electron chi connectivity index (χ4n) is 2.29. The van der Waals surface area contributed by atoms with Crippen molar-refractivity contribution in [1.29, 1.82) is 0 Å². The summed E-state index contributed by atoms with van der Waals surface area (Å²) in [6.07, 6.45) is 4.34. The van der Waals surface area contributed by atoms with E-state index in [-0.39, 0.29) is 0 Å². The fraction of sp³-hybridized carbons (Fsp3) is 0.455. The Balaban J connectivity index is 2.12. The third-order valence-electron chi connectivity index (χ3n) is 3.13. The number of hydrogen-bond acceptors (Lipinski definition) is 4. The molecule has 5 heteroatoms. The molecule has 1 aliphatic heterocycles. The number of pyridine rings is 1. The number of rotatable bonds is 2. The van der Waals surface area contributed by atoms with Crippen LogP contribution in [0, 0.1) is 0 Å². The zero-order valence-corrected chi connectivity index (χ0v) is 9.06. The molecule has 0 amide bonds. The molecule has 16 heavy (non-hydrogen) atoms. The smallest absolute Gasteiger partial charge is 0.165 e. The molecule has 0 bridgehead atoms. The van der Waals surface area contributed by atoms with Crippen molar-refractivity contribution in [1.82, 2.24) is 19.9 Å². The third-order valence-corrected chi connectivity index (χ3v) is 3.13. The van der Waals surface area contributed by atoms with E-state index in [2.05, 4.69) is 15.5 Å². The molecule has 0 spiro atoms. The Labute approximate surface area is 93.7 Å². The highest BCUT2D eigenvalue weighted by molar-refractivity contribution is 5.47. The second-order valence-electron chi connectivity index (χ2n) is 4.14. The Hall–Kier alpha value is -1.46. The van der Waals surface area contributed by atoms with Gasteiger partial charge in [0.15, 0.2) is 11.5 Å². The zero-order valence-electron chi connectivity index (χ0n) is 9.06. The van der Waals surface area contributed by atoms with Crippen molar-refractivity contribution in [2.75, 3.05) is 6.54 Å². The fourth-order valence-corrected chi connectivity index (χ4v) is 2.29.